The molecule has 0 heterocycles. The molecular weight excluding hydrogens is 148 g/mol. The van der Waals surface area contributed by atoms with Crippen molar-refractivity contribution in [1.29, 1.82) is 0 Å². The second-order valence-corrected chi connectivity index (χ2v) is 4.37. The van der Waals surface area contributed by atoms with Crippen LogP contribution in [0, 0.1) is 17.8 Å². The quantitative estimate of drug-likeness (QED) is 0.453. The van der Waals surface area contributed by atoms with Crippen LogP contribution in [-0.4, -0.2) is 6.29 Å². The summed E-state index contributed by atoms with van der Waals surface area (Å²) in [7, 11) is 0. The molecule has 3 unspecified atom stereocenters. The summed E-state index contributed by atoms with van der Waals surface area (Å²) < 4.78 is 0. The smallest absolute Gasteiger partial charge is 0.145 e. The average Bonchev–Trinajstić information content (AvgIpc) is 2.64. The van der Waals surface area contributed by atoms with Crippen molar-refractivity contribution in [1.82, 2.24) is 0 Å². The van der Waals surface area contributed by atoms with Gasteiger partial charge in [0.05, 0.1) is 0 Å². The third kappa shape index (κ3) is 1.33. The highest BCUT2D eigenvalue weighted by Gasteiger charge is 2.38. The van der Waals surface area contributed by atoms with E-state index in [0.29, 0.717) is 0 Å². The van der Waals surface area contributed by atoms with Crippen molar-refractivity contribution < 1.29 is 4.79 Å². The van der Waals surface area contributed by atoms with Gasteiger partial charge < -0.3 is 0 Å². The molecule has 0 radical (unpaired) electrons. The minimum atomic E-state index is 0.731. The molecule has 3 atom stereocenters. The number of rotatable bonds is 2. The van der Waals surface area contributed by atoms with E-state index in [1.807, 2.05) is 6.92 Å². The van der Waals surface area contributed by atoms with Crippen molar-refractivity contribution in [3.63, 3.8) is 0 Å². The first-order valence-electron chi connectivity index (χ1n) is 4.93. The molecule has 0 saturated heterocycles. The lowest BCUT2D eigenvalue weighted by atomic mass is 9.88. The van der Waals surface area contributed by atoms with Gasteiger partial charge in [-0.3, -0.25) is 4.79 Å². The Morgan fingerprint density at radius 1 is 1.33 bits per heavy atom. The fraction of sp³-hybridized carbons (Fsp3) is 0.727. The molecule has 2 saturated carbocycles. The lowest BCUT2D eigenvalue weighted by Crippen LogP contribution is -2.07. The summed E-state index contributed by atoms with van der Waals surface area (Å²) in [6.07, 6.45) is 8.78. The Morgan fingerprint density at radius 3 is 2.67 bits per heavy atom. The molecule has 2 aliphatic rings. The molecule has 2 rings (SSSR count). The van der Waals surface area contributed by atoms with Crippen LogP contribution in [0.15, 0.2) is 11.6 Å². The van der Waals surface area contributed by atoms with Crippen LogP contribution in [0.25, 0.3) is 0 Å². The van der Waals surface area contributed by atoms with Crippen molar-refractivity contribution in [2.45, 2.75) is 32.6 Å². The summed E-state index contributed by atoms with van der Waals surface area (Å²) in [6, 6.07) is 0. The van der Waals surface area contributed by atoms with Crippen LogP contribution in [0.1, 0.15) is 32.6 Å². The van der Waals surface area contributed by atoms with Gasteiger partial charge in [-0.25, -0.2) is 0 Å². The predicted molar refractivity (Wildman–Crippen MR) is 48.8 cm³/mol. The number of hydrogen-bond donors (Lipinski definition) is 0. The topological polar surface area (TPSA) is 17.1 Å². The summed E-state index contributed by atoms with van der Waals surface area (Å²) >= 11 is 0. The predicted octanol–water partition coefficient (Wildman–Crippen LogP) is 2.57. The monoisotopic (exact) mass is 164 g/mol. The molecule has 0 aromatic heterocycles. The third-order valence-electron chi connectivity index (χ3n) is 3.46. The zero-order valence-corrected chi connectivity index (χ0v) is 7.62. The molecule has 2 bridgehead atoms. The van der Waals surface area contributed by atoms with Crippen molar-refractivity contribution in [2.24, 2.45) is 17.8 Å². The van der Waals surface area contributed by atoms with E-state index in [9.17, 15) is 4.79 Å². The van der Waals surface area contributed by atoms with E-state index in [2.05, 4.69) is 6.08 Å². The Hall–Kier alpha value is -0.590. The number of hydrogen-bond acceptors (Lipinski definition) is 1. The highest BCUT2D eigenvalue weighted by Crippen LogP contribution is 2.48. The first kappa shape index (κ1) is 8.03. The average molecular weight is 164 g/mol. The molecule has 0 N–H and O–H groups in total. The molecule has 2 aliphatic carbocycles. The van der Waals surface area contributed by atoms with Crippen molar-refractivity contribution in [3.05, 3.63) is 11.6 Å². The molecule has 0 aliphatic heterocycles. The SMILES string of the molecule is C/C(C=O)=C\C1CC2CCC1C2. The maximum Gasteiger partial charge on any atom is 0.145 e. The van der Waals surface area contributed by atoms with Crippen LogP contribution in [0.3, 0.4) is 0 Å². The van der Waals surface area contributed by atoms with Crippen LogP contribution >= 0.6 is 0 Å². The van der Waals surface area contributed by atoms with Gasteiger partial charge in [0.25, 0.3) is 0 Å². The minimum Gasteiger partial charge on any atom is -0.298 e. The molecular formula is C11H16O. The Bertz CT molecular complexity index is 217. The number of carbonyl (C=O) groups is 1. The summed E-state index contributed by atoms with van der Waals surface area (Å²) in [5.74, 6) is 2.62. The molecule has 0 aromatic rings. The normalized spacial score (nSPS) is 40.4. The van der Waals surface area contributed by atoms with Gasteiger partial charge in [-0.15, -0.1) is 0 Å². The number of allylic oxidation sites excluding steroid dienone is 2. The number of aldehydes is 1. The number of carbonyl (C=O) groups excluding carboxylic acids is 1. The van der Waals surface area contributed by atoms with E-state index < -0.39 is 0 Å². The second-order valence-electron chi connectivity index (χ2n) is 4.37. The van der Waals surface area contributed by atoms with Crippen molar-refractivity contribution in [3.8, 4) is 0 Å². The van der Waals surface area contributed by atoms with Crippen LogP contribution < -0.4 is 0 Å². The molecule has 0 spiro atoms. The molecule has 12 heavy (non-hydrogen) atoms. The van der Waals surface area contributed by atoms with Gasteiger partial charge in [0.15, 0.2) is 0 Å². The van der Waals surface area contributed by atoms with Crippen LogP contribution in [-0.2, 0) is 4.79 Å². The Labute approximate surface area is 73.8 Å². The largest absolute Gasteiger partial charge is 0.298 e. The van der Waals surface area contributed by atoms with Crippen molar-refractivity contribution >= 4 is 6.29 Å². The Balaban J connectivity index is 2.03. The van der Waals surface area contributed by atoms with Crippen LogP contribution in [0.5, 0.6) is 0 Å². The standard InChI is InChI=1S/C11H16O/c1-8(7-12)4-11-6-9-2-3-10(11)5-9/h4,7,9-11H,2-3,5-6H2,1H3/b8-4+. The maximum atomic E-state index is 10.4. The van der Waals surface area contributed by atoms with E-state index in [4.69, 9.17) is 0 Å². The van der Waals surface area contributed by atoms with E-state index in [0.717, 1.165) is 29.6 Å². The van der Waals surface area contributed by atoms with Gasteiger partial charge in [-0.05, 0) is 49.5 Å². The molecule has 1 heteroatoms. The van der Waals surface area contributed by atoms with E-state index >= 15 is 0 Å². The van der Waals surface area contributed by atoms with Gasteiger partial charge in [-0.1, -0.05) is 12.5 Å². The maximum absolute atomic E-state index is 10.4. The first-order valence-corrected chi connectivity index (χ1v) is 4.93. The Kier molecular flexibility index (Phi) is 2.03. The van der Waals surface area contributed by atoms with E-state index in [1.54, 1.807) is 0 Å². The van der Waals surface area contributed by atoms with Gasteiger partial charge in [0.1, 0.15) is 6.29 Å². The molecule has 0 aromatic carbocycles. The van der Waals surface area contributed by atoms with Gasteiger partial charge in [0.2, 0.25) is 0 Å². The van der Waals surface area contributed by atoms with Gasteiger partial charge >= 0.3 is 0 Å². The second kappa shape index (κ2) is 3.04. The van der Waals surface area contributed by atoms with Gasteiger partial charge in [0, 0.05) is 0 Å². The van der Waals surface area contributed by atoms with E-state index in [1.165, 1.54) is 25.7 Å². The Morgan fingerprint density at radius 2 is 2.17 bits per heavy atom. The molecule has 1 nitrogen and oxygen atoms in total. The molecule has 2 fully saturated rings. The fourth-order valence-corrected chi connectivity index (χ4v) is 2.88. The summed E-state index contributed by atoms with van der Waals surface area (Å²) in [5.41, 5.74) is 0.924. The highest BCUT2D eigenvalue weighted by atomic mass is 16.1. The van der Waals surface area contributed by atoms with Gasteiger partial charge in [-0.2, -0.15) is 0 Å². The van der Waals surface area contributed by atoms with Crippen LogP contribution in [0.4, 0.5) is 0 Å². The number of fused-ring (bicyclic) bond motifs is 2. The lowest BCUT2D eigenvalue weighted by molar-refractivity contribution is -0.104. The third-order valence-corrected chi connectivity index (χ3v) is 3.46. The van der Waals surface area contributed by atoms with Crippen LogP contribution in [0.2, 0.25) is 0 Å². The zero-order valence-electron chi connectivity index (χ0n) is 7.62. The highest BCUT2D eigenvalue weighted by molar-refractivity contribution is 5.72. The summed E-state index contributed by atoms with van der Waals surface area (Å²) in [4.78, 5) is 10.4. The summed E-state index contributed by atoms with van der Waals surface area (Å²) in [6.45, 7) is 1.92. The van der Waals surface area contributed by atoms with E-state index in [-0.39, 0.29) is 0 Å². The minimum absolute atomic E-state index is 0.731. The fourth-order valence-electron chi connectivity index (χ4n) is 2.88. The zero-order chi connectivity index (χ0) is 8.55. The summed E-state index contributed by atoms with van der Waals surface area (Å²) in [5, 5.41) is 0. The lowest BCUT2D eigenvalue weighted by Gasteiger charge is -2.17. The first-order chi connectivity index (χ1) is 5.79. The molecule has 0 amide bonds. The molecule has 66 valence electrons. The van der Waals surface area contributed by atoms with Crippen molar-refractivity contribution in [2.75, 3.05) is 0 Å².